The second-order valence-electron chi connectivity index (χ2n) is 7.45. The Morgan fingerprint density at radius 2 is 2.00 bits per heavy atom. The summed E-state index contributed by atoms with van der Waals surface area (Å²) in [7, 11) is 1.74. The third kappa shape index (κ3) is 3.46. The number of aromatic hydroxyl groups is 1. The first-order chi connectivity index (χ1) is 12.0. The molecule has 2 fully saturated rings. The van der Waals surface area contributed by atoms with Crippen LogP contribution in [0.5, 0.6) is 5.75 Å². The third-order valence-corrected chi connectivity index (χ3v) is 5.81. The van der Waals surface area contributed by atoms with E-state index in [0.29, 0.717) is 11.2 Å². The molecule has 1 aromatic rings. The van der Waals surface area contributed by atoms with Gasteiger partial charge in [0.25, 0.3) is 0 Å². The smallest absolute Gasteiger partial charge is 0.118 e. The summed E-state index contributed by atoms with van der Waals surface area (Å²) >= 11 is 0. The molecule has 1 spiro atoms. The average Bonchev–Trinajstić information content (AvgIpc) is 2.59. The maximum absolute atomic E-state index is 9.60. The van der Waals surface area contributed by atoms with Crippen LogP contribution in [0.15, 0.2) is 59.5 Å². The van der Waals surface area contributed by atoms with Gasteiger partial charge in [-0.15, -0.1) is 0 Å². The monoisotopic (exact) mass is 339 g/mol. The van der Waals surface area contributed by atoms with Crippen LogP contribution in [0.2, 0.25) is 0 Å². The molecule has 134 valence electrons. The first-order valence-corrected chi connectivity index (χ1v) is 9.18. The van der Waals surface area contributed by atoms with Crippen molar-refractivity contribution < 1.29 is 9.84 Å². The Kier molecular flexibility index (Phi) is 4.94. The standard InChI is InChI=1S/C22H29NO2/c1-5-16(2)21(25-4)13-18-14-22(11-6-12-22)15-23(17(18)3)19-7-9-20(24)10-8-19/h7-10,13,24H,3,5-6,11-12,14-15H2,1-2,4H3/b18-13-,21-16+. The zero-order valence-corrected chi connectivity index (χ0v) is 15.6. The molecular formula is C22H29NO2. The van der Waals surface area contributed by atoms with Crippen molar-refractivity contribution in [1.29, 1.82) is 0 Å². The molecule has 3 nitrogen and oxygen atoms in total. The number of phenols is 1. The largest absolute Gasteiger partial charge is 0.508 e. The summed E-state index contributed by atoms with van der Waals surface area (Å²) in [5.41, 5.74) is 5.01. The lowest BCUT2D eigenvalue weighted by atomic mass is 9.62. The molecule has 0 atom stereocenters. The summed E-state index contributed by atoms with van der Waals surface area (Å²) in [4.78, 5) is 2.31. The Morgan fingerprint density at radius 1 is 1.32 bits per heavy atom. The molecule has 0 radical (unpaired) electrons. The van der Waals surface area contributed by atoms with Crippen molar-refractivity contribution in [3.63, 3.8) is 0 Å². The first-order valence-electron chi connectivity index (χ1n) is 9.18. The fourth-order valence-corrected chi connectivity index (χ4v) is 3.88. The van der Waals surface area contributed by atoms with Gasteiger partial charge in [0.2, 0.25) is 0 Å². The van der Waals surface area contributed by atoms with E-state index in [9.17, 15) is 5.11 Å². The van der Waals surface area contributed by atoms with Crippen molar-refractivity contribution in [2.24, 2.45) is 5.41 Å². The SMILES string of the molecule is C=C1/C(=C\C(OC)=C(\C)CC)CC2(CCC2)CN1c1ccc(O)cc1. The van der Waals surface area contributed by atoms with Crippen molar-refractivity contribution in [2.75, 3.05) is 18.6 Å². The van der Waals surface area contributed by atoms with E-state index in [1.54, 1.807) is 19.2 Å². The Labute approximate surface area is 151 Å². The number of allylic oxidation sites excluding steroid dienone is 3. The van der Waals surface area contributed by atoms with E-state index < -0.39 is 0 Å². The summed E-state index contributed by atoms with van der Waals surface area (Å²) in [6.45, 7) is 9.67. The van der Waals surface area contributed by atoms with Crippen LogP contribution in [0, 0.1) is 5.41 Å². The molecular weight excluding hydrogens is 310 g/mol. The molecule has 3 heteroatoms. The summed E-state index contributed by atoms with van der Waals surface area (Å²) in [6.07, 6.45) is 8.09. The summed E-state index contributed by atoms with van der Waals surface area (Å²) in [6, 6.07) is 7.44. The Hall–Kier alpha value is -2.16. The second-order valence-corrected chi connectivity index (χ2v) is 7.45. The number of anilines is 1. The van der Waals surface area contributed by atoms with Gasteiger partial charge in [0.1, 0.15) is 11.5 Å². The molecule has 0 bridgehead atoms. The number of methoxy groups -OCH3 is 1. The van der Waals surface area contributed by atoms with Crippen LogP contribution in [0.25, 0.3) is 0 Å². The molecule has 2 aliphatic rings. The second kappa shape index (κ2) is 6.99. The number of nitrogens with zero attached hydrogens (tertiary/aromatic N) is 1. The Bertz CT molecular complexity index is 708. The van der Waals surface area contributed by atoms with Crippen molar-refractivity contribution in [1.82, 2.24) is 0 Å². The third-order valence-electron chi connectivity index (χ3n) is 5.81. The van der Waals surface area contributed by atoms with Gasteiger partial charge >= 0.3 is 0 Å². The number of hydrogen-bond acceptors (Lipinski definition) is 3. The topological polar surface area (TPSA) is 32.7 Å². The summed E-state index contributed by atoms with van der Waals surface area (Å²) < 4.78 is 5.64. The maximum atomic E-state index is 9.60. The van der Waals surface area contributed by atoms with Gasteiger partial charge in [0, 0.05) is 17.9 Å². The van der Waals surface area contributed by atoms with Crippen molar-refractivity contribution >= 4 is 5.69 Å². The van der Waals surface area contributed by atoms with E-state index in [1.165, 1.54) is 30.4 Å². The number of ether oxygens (including phenoxy) is 1. The van der Waals surface area contributed by atoms with Gasteiger partial charge in [-0.3, -0.25) is 0 Å². The molecule has 0 aromatic heterocycles. The fourth-order valence-electron chi connectivity index (χ4n) is 3.88. The molecule has 1 saturated heterocycles. The zero-order valence-electron chi connectivity index (χ0n) is 15.6. The van der Waals surface area contributed by atoms with Gasteiger partial charge in [-0.1, -0.05) is 19.9 Å². The molecule has 3 rings (SSSR count). The average molecular weight is 339 g/mol. The highest BCUT2D eigenvalue weighted by Gasteiger charge is 2.43. The zero-order chi connectivity index (χ0) is 18.0. The lowest BCUT2D eigenvalue weighted by molar-refractivity contribution is 0.135. The van der Waals surface area contributed by atoms with Crippen LogP contribution in [-0.2, 0) is 4.74 Å². The number of piperidine rings is 1. The number of benzene rings is 1. The van der Waals surface area contributed by atoms with E-state index in [-0.39, 0.29) is 0 Å². The van der Waals surface area contributed by atoms with E-state index in [2.05, 4.69) is 31.4 Å². The minimum absolute atomic E-state index is 0.295. The normalized spacial score (nSPS) is 22.0. The van der Waals surface area contributed by atoms with Crippen LogP contribution >= 0.6 is 0 Å². The number of hydrogen-bond donors (Lipinski definition) is 1. The Morgan fingerprint density at radius 3 is 2.52 bits per heavy atom. The fraction of sp³-hybridized carbons (Fsp3) is 0.455. The van der Waals surface area contributed by atoms with Crippen molar-refractivity contribution in [3.05, 3.63) is 59.5 Å². The number of rotatable bonds is 4. The van der Waals surface area contributed by atoms with Crippen LogP contribution < -0.4 is 4.90 Å². The minimum Gasteiger partial charge on any atom is -0.508 e. The van der Waals surface area contributed by atoms with Gasteiger partial charge in [-0.25, -0.2) is 0 Å². The molecule has 1 aromatic carbocycles. The molecule has 25 heavy (non-hydrogen) atoms. The van der Waals surface area contributed by atoms with Crippen LogP contribution in [-0.4, -0.2) is 18.8 Å². The first kappa shape index (κ1) is 17.7. The molecule has 1 heterocycles. The van der Waals surface area contributed by atoms with Crippen LogP contribution in [0.1, 0.15) is 46.0 Å². The van der Waals surface area contributed by atoms with Crippen molar-refractivity contribution in [3.8, 4) is 5.75 Å². The van der Waals surface area contributed by atoms with E-state index in [0.717, 1.165) is 36.5 Å². The van der Waals surface area contributed by atoms with Gasteiger partial charge < -0.3 is 14.7 Å². The summed E-state index contributed by atoms with van der Waals surface area (Å²) in [5.74, 6) is 1.25. The molecule has 1 aliphatic heterocycles. The van der Waals surface area contributed by atoms with E-state index in [4.69, 9.17) is 4.74 Å². The lowest BCUT2D eigenvalue weighted by Gasteiger charge is -2.51. The predicted octanol–water partition coefficient (Wildman–Crippen LogP) is 5.54. The van der Waals surface area contributed by atoms with Crippen LogP contribution in [0.4, 0.5) is 5.69 Å². The molecule has 1 saturated carbocycles. The highest BCUT2D eigenvalue weighted by atomic mass is 16.5. The molecule has 1 N–H and O–H groups in total. The minimum atomic E-state index is 0.295. The van der Waals surface area contributed by atoms with Gasteiger partial charge in [-0.05, 0) is 79.5 Å². The van der Waals surface area contributed by atoms with E-state index >= 15 is 0 Å². The highest BCUT2D eigenvalue weighted by molar-refractivity contribution is 5.60. The highest BCUT2D eigenvalue weighted by Crippen LogP contribution is 2.52. The summed E-state index contributed by atoms with van der Waals surface area (Å²) in [5, 5.41) is 9.60. The predicted molar refractivity (Wildman–Crippen MR) is 104 cm³/mol. The number of phenolic OH excluding ortho intramolecular Hbond substituents is 1. The van der Waals surface area contributed by atoms with Gasteiger partial charge in [0.15, 0.2) is 0 Å². The van der Waals surface area contributed by atoms with Gasteiger partial charge in [0.05, 0.1) is 7.11 Å². The van der Waals surface area contributed by atoms with Crippen LogP contribution in [0.3, 0.4) is 0 Å². The van der Waals surface area contributed by atoms with Gasteiger partial charge in [-0.2, -0.15) is 0 Å². The molecule has 0 unspecified atom stereocenters. The Balaban J connectivity index is 1.98. The lowest BCUT2D eigenvalue weighted by Crippen LogP contribution is -2.46. The van der Waals surface area contributed by atoms with E-state index in [1.807, 2.05) is 12.1 Å². The van der Waals surface area contributed by atoms with Crippen molar-refractivity contribution in [2.45, 2.75) is 46.0 Å². The quantitative estimate of drug-likeness (QED) is 0.731. The molecule has 0 amide bonds. The molecule has 1 aliphatic carbocycles. The maximum Gasteiger partial charge on any atom is 0.118 e.